The van der Waals surface area contributed by atoms with Crippen LogP contribution in [0.5, 0.6) is 0 Å². The second kappa shape index (κ2) is 14.8. The highest BCUT2D eigenvalue weighted by atomic mass is 16.6. The number of hydrogen-bond donors (Lipinski definition) is 3. The van der Waals surface area contributed by atoms with Crippen molar-refractivity contribution >= 4 is 34.6 Å². The van der Waals surface area contributed by atoms with Gasteiger partial charge in [0.15, 0.2) is 0 Å². The van der Waals surface area contributed by atoms with Gasteiger partial charge in [-0.2, -0.15) is 0 Å². The molecule has 2 amide bonds. The van der Waals surface area contributed by atoms with Gasteiger partial charge in [0.1, 0.15) is 0 Å². The molecular formula is C27H38N4O5. The maximum atomic E-state index is 11.2. The van der Waals surface area contributed by atoms with Gasteiger partial charge >= 0.3 is 0 Å². The van der Waals surface area contributed by atoms with Crippen LogP contribution in [0.15, 0.2) is 36.4 Å². The molecule has 36 heavy (non-hydrogen) atoms. The number of aryl methyl sites for hydroxylation is 2. The van der Waals surface area contributed by atoms with Gasteiger partial charge in [-0.25, -0.2) is 0 Å². The molecule has 1 saturated heterocycles. The standard InChI is InChI=1S/C10H10N2O3.C10H12N2O.C5H10O.C2H6/c13-10-3-1-2-7-6-8(12(14)15)4-5-9(7)11-10;11-8-4-5-9-7(6-8)2-1-3-10(13)12-9;1-5-3-2-4-6-5;1-2/h4-6H,1-3H2,(H,11,13);4-6H,1-3,11H2,(H,12,13);5H,2-4H2,1H3;1-2H3. The van der Waals surface area contributed by atoms with Crippen LogP contribution in [0.1, 0.15) is 70.4 Å². The van der Waals surface area contributed by atoms with E-state index in [9.17, 15) is 19.7 Å². The van der Waals surface area contributed by atoms with Gasteiger partial charge in [-0.3, -0.25) is 19.7 Å². The quantitative estimate of drug-likeness (QED) is 0.265. The molecule has 0 aliphatic carbocycles. The van der Waals surface area contributed by atoms with Gasteiger partial charge in [-0.1, -0.05) is 13.8 Å². The molecule has 4 N–H and O–H groups in total. The Morgan fingerprint density at radius 3 is 1.92 bits per heavy atom. The third-order valence-corrected chi connectivity index (χ3v) is 5.83. The third kappa shape index (κ3) is 9.30. The first-order chi connectivity index (χ1) is 17.3. The summed E-state index contributed by atoms with van der Waals surface area (Å²) in [6, 6.07) is 10.1. The number of anilines is 3. The summed E-state index contributed by atoms with van der Waals surface area (Å²) >= 11 is 0. The minimum absolute atomic E-state index is 0.0254. The van der Waals surface area contributed by atoms with Crippen LogP contribution >= 0.6 is 0 Å². The number of nitrogens with zero attached hydrogens (tertiary/aromatic N) is 1. The van der Waals surface area contributed by atoms with Gasteiger partial charge in [0.25, 0.3) is 5.69 Å². The summed E-state index contributed by atoms with van der Waals surface area (Å²) in [5.41, 5.74) is 10.1. The first-order valence-corrected chi connectivity index (χ1v) is 12.7. The summed E-state index contributed by atoms with van der Waals surface area (Å²) in [6.07, 6.45) is 7.43. The lowest BCUT2D eigenvalue weighted by molar-refractivity contribution is -0.384. The zero-order valence-corrected chi connectivity index (χ0v) is 21.5. The number of carbonyl (C=O) groups excluding carboxylic acids is 2. The highest BCUT2D eigenvalue weighted by Gasteiger charge is 2.16. The molecule has 0 saturated carbocycles. The van der Waals surface area contributed by atoms with Crippen molar-refractivity contribution in [2.24, 2.45) is 0 Å². The first kappa shape index (κ1) is 28.8. The van der Waals surface area contributed by atoms with Gasteiger partial charge in [0.2, 0.25) is 11.8 Å². The van der Waals surface area contributed by atoms with Crippen molar-refractivity contribution < 1.29 is 19.2 Å². The largest absolute Gasteiger partial charge is 0.399 e. The monoisotopic (exact) mass is 498 g/mol. The van der Waals surface area contributed by atoms with Crippen molar-refractivity contribution in [3.63, 3.8) is 0 Å². The van der Waals surface area contributed by atoms with Crippen molar-refractivity contribution in [3.05, 3.63) is 57.6 Å². The normalized spacial score (nSPS) is 17.9. The van der Waals surface area contributed by atoms with E-state index in [2.05, 4.69) is 17.6 Å². The molecule has 1 atom stereocenters. The smallest absolute Gasteiger partial charge is 0.269 e. The summed E-state index contributed by atoms with van der Waals surface area (Å²) in [5, 5.41) is 16.1. The summed E-state index contributed by atoms with van der Waals surface area (Å²) in [5.74, 6) is 0.0751. The maximum absolute atomic E-state index is 11.2. The topological polar surface area (TPSA) is 137 Å². The Morgan fingerprint density at radius 1 is 0.889 bits per heavy atom. The van der Waals surface area contributed by atoms with Gasteiger partial charge in [0, 0.05) is 48.6 Å². The number of nitro benzene ring substituents is 1. The molecule has 2 aromatic rings. The minimum Gasteiger partial charge on any atom is -0.399 e. The first-order valence-electron chi connectivity index (χ1n) is 12.7. The Hall–Kier alpha value is -3.46. The number of nitrogens with two attached hydrogens (primary N) is 1. The van der Waals surface area contributed by atoms with Crippen LogP contribution in [-0.2, 0) is 27.2 Å². The van der Waals surface area contributed by atoms with Gasteiger partial charge in [-0.15, -0.1) is 0 Å². The molecule has 196 valence electrons. The molecule has 0 bridgehead atoms. The molecular weight excluding hydrogens is 460 g/mol. The van der Waals surface area contributed by atoms with E-state index in [4.69, 9.17) is 10.5 Å². The summed E-state index contributed by atoms with van der Waals surface area (Å²) in [6.45, 7) is 7.11. The number of rotatable bonds is 1. The van der Waals surface area contributed by atoms with Gasteiger partial charge in [-0.05, 0) is 80.8 Å². The van der Waals surface area contributed by atoms with Crippen molar-refractivity contribution in [1.82, 2.24) is 0 Å². The summed E-state index contributed by atoms with van der Waals surface area (Å²) < 4.78 is 5.15. The number of hydrogen-bond acceptors (Lipinski definition) is 6. The highest BCUT2D eigenvalue weighted by molar-refractivity contribution is 5.93. The van der Waals surface area contributed by atoms with E-state index < -0.39 is 4.92 Å². The Morgan fingerprint density at radius 2 is 1.44 bits per heavy atom. The molecule has 3 aliphatic heterocycles. The summed E-state index contributed by atoms with van der Waals surface area (Å²) in [4.78, 5) is 32.5. The van der Waals surface area contributed by atoms with Crippen LogP contribution in [0.3, 0.4) is 0 Å². The fraction of sp³-hybridized carbons (Fsp3) is 0.481. The zero-order chi connectivity index (χ0) is 26.5. The van der Waals surface area contributed by atoms with E-state index >= 15 is 0 Å². The van der Waals surface area contributed by atoms with Crippen LogP contribution in [-0.4, -0.2) is 29.4 Å². The minimum atomic E-state index is -0.424. The van der Waals surface area contributed by atoms with Gasteiger partial charge in [0.05, 0.1) is 11.0 Å². The molecule has 0 spiro atoms. The molecule has 9 heteroatoms. The fourth-order valence-electron chi connectivity index (χ4n) is 4.01. The Bertz CT molecular complexity index is 1030. The number of nitrogens with one attached hydrogen (secondary N) is 2. The SMILES string of the molecule is CC.CC1CCCO1.Nc1ccc2c(c1)CCCC(=O)N2.O=C1CCCc2cc([N+](=O)[O-])ccc2N1. The Kier molecular flexibility index (Phi) is 11.9. The average molecular weight is 499 g/mol. The Labute approximate surface area is 212 Å². The van der Waals surface area contributed by atoms with E-state index in [1.807, 2.05) is 32.0 Å². The number of nitrogen functional groups attached to an aromatic ring is 1. The summed E-state index contributed by atoms with van der Waals surface area (Å²) in [7, 11) is 0. The number of benzene rings is 2. The number of ether oxygens (including phenoxy) is 1. The van der Waals surface area contributed by atoms with Gasteiger partial charge < -0.3 is 21.1 Å². The average Bonchev–Trinajstić information content (AvgIpc) is 3.16. The zero-order valence-electron chi connectivity index (χ0n) is 21.5. The van der Waals surface area contributed by atoms with Crippen LogP contribution < -0.4 is 16.4 Å². The molecule has 1 fully saturated rings. The van der Waals surface area contributed by atoms with Crippen LogP contribution in [0.2, 0.25) is 0 Å². The number of fused-ring (bicyclic) bond motifs is 2. The fourth-order valence-corrected chi connectivity index (χ4v) is 4.01. The van der Waals surface area contributed by atoms with E-state index in [1.165, 1.54) is 25.0 Å². The van der Waals surface area contributed by atoms with Crippen molar-refractivity contribution in [3.8, 4) is 0 Å². The second-order valence-corrected chi connectivity index (χ2v) is 8.64. The molecule has 5 rings (SSSR count). The predicted octanol–water partition coefficient (Wildman–Crippen LogP) is 5.62. The Balaban J connectivity index is 0.000000197. The maximum Gasteiger partial charge on any atom is 0.269 e. The molecule has 0 aromatic heterocycles. The molecule has 2 aromatic carbocycles. The van der Waals surface area contributed by atoms with Crippen LogP contribution in [0, 0.1) is 10.1 Å². The van der Waals surface area contributed by atoms with E-state index in [-0.39, 0.29) is 17.5 Å². The lowest BCUT2D eigenvalue weighted by Crippen LogP contribution is -2.09. The highest BCUT2D eigenvalue weighted by Crippen LogP contribution is 2.26. The third-order valence-electron chi connectivity index (χ3n) is 5.83. The number of amides is 2. The number of carbonyl (C=O) groups is 2. The van der Waals surface area contributed by atoms with Crippen LogP contribution in [0.25, 0.3) is 0 Å². The lowest BCUT2D eigenvalue weighted by atomic mass is 10.1. The van der Waals surface area contributed by atoms with Crippen molar-refractivity contribution in [2.45, 2.75) is 78.2 Å². The molecule has 3 heterocycles. The second-order valence-electron chi connectivity index (χ2n) is 8.64. The van der Waals surface area contributed by atoms with Crippen molar-refractivity contribution in [2.75, 3.05) is 23.0 Å². The van der Waals surface area contributed by atoms with Crippen LogP contribution in [0.4, 0.5) is 22.7 Å². The number of non-ortho nitro benzene ring substituents is 1. The van der Waals surface area contributed by atoms with E-state index in [0.717, 1.165) is 48.4 Å². The predicted molar refractivity (Wildman–Crippen MR) is 143 cm³/mol. The van der Waals surface area contributed by atoms with E-state index in [0.29, 0.717) is 31.1 Å². The lowest BCUT2D eigenvalue weighted by Gasteiger charge is -2.06. The molecule has 1 unspecified atom stereocenters. The van der Waals surface area contributed by atoms with Crippen molar-refractivity contribution in [1.29, 1.82) is 0 Å². The molecule has 3 aliphatic rings. The van der Waals surface area contributed by atoms with E-state index in [1.54, 1.807) is 6.07 Å². The molecule has 0 radical (unpaired) electrons. The molecule has 9 nitrogen and oxygen atoms in total. The number of nitro groups is 1.